The molecule has 0 aromatic heterocycles. The van der Waals surface area contributed by atoms with Crippen LogP contribution in [0.4, 0.5) is 8.78 Å². The van der Waals surface area contributed by atoms with E-state index in [9.17, 15) is 8.78 Å². The van der Waals surface area contributed by atoms with Gasteiger partial charge in [0.05, 0.1) is 7.11 Å². The number of ether oxygens (including phenoxy) is 1. The largest absolute Gasteiger partial charge is 0.496 e. The molecule has 88 valence electrons. The molecule has 0 spiro atoms. The maximum absolute atomic E-state index is 13.6. The Morgan fingerprint density at radius 2 is 2.25 bits per heavy atom. The van der Waals surface area contributed by atoms with Crippen molar-refractivity contribution in [1.29, 1.82) is 0 Å². The lowest BCUT2D eigenvalue weighted by atomic mass is 9.97. The third-order valence-electron chi connectivity index (χ3n) is 3.03. The molecule has 1 aromatic carbocycles. The molecular weight excluding hydrogens is 212 g/mol. The third-order valence-corrected chi connectivity index (χ3v) is 3.03. The first-order valence-corrected chi connectivity index (χ1v) is 5.44. The molecule has 1 aliphatic rings. The van der Waals surface area contributed by atoms with Crippen LogP contribution in [0.5, 0.6) is 5.75 Å². The predicted molar refractivity (Wildman–Crippen MR) is 57.6 cm³/mol. The number of hydrogen-bond donors (Lipinski definition) is 1. The molecule has 1 heterocycles. The molecular formula is C12H15F2NO. The first-order valence-electron chi connectivity index (χ1n) is 5.44. The normalized spacial score (nSPS) is 20.1. The van der Waals surface area contributed by atoms with Gasteiger partial charge in [0.25, 0.3) is 0 Å². The Morgan fingerprint density at radius 1 is 1.44 bits per heavy atom. The molecule has 1 aromatic rings. The second kappa shape index (κ2) is 4.78. The Bertz CT molecular complexity index is 376. The Hall–Kier alpha value is -1.16. The van der Waals surface area contributed by atoms with E-state index in [-0.39, 0.29) is 0 Å². The molecule has 0 aliphatic carbocycles. The topological polar surface area (TPSA) is 21.3 Å². The third kappa shape index (κ3) is 2.16. The van der Waals surface area contributed by atoms with Crippen LogP contribution in [0.1, 0.15) is 12.0 Å². The van der Waals surface area contributed by atoms with Gasteiger partial charge >= 0.3 is 0 Å². The molecule has 4 heteroatoms. The standard InChI is InChI=1S/C12H15F2NO/c1-16-11-3-2-10(13)12(14)9(11)6-8-4-5-15-7-8/h2-3,8,15H,4-7H2,1H3. The highest BCUT2D eigenvalue weighted by Crippen LogP contribution is 2.27. The van der Waals surface area contributed by atoms with Crippen LogP contribution in [-0.2, 0) is 6.42 Å². The summed E-state index contributed by atoms with van der Waals surface area (Å²) in [5, 5.41) is 3.21. The molecule has 1 saturated heterocycles. The van der Waals surface area contributed by atoms with Crippen LogP contribution in [0.15, 0.2) is 12.1 Å². The molecule has 2 rings (SSSR count). The van der Waals surface area contributed by atoms with Crippen molar-refractivity contribution in [3.05, 3.63) is 29.3 Å². The number of rotatable bonds is 3. The molecule has 1 aliphatic heterocycles. The maximum atomic E-state index is 13.6. The summed E-state index contributed by atoms with van der Waals surface area (Å²) < 4.78 is 31.8. The number of methoxy groups -OCH3 is 1. The van der Waals surface area contributed by atoms with Crippen LogP contribution >= 0.6 is 0 Å². The average Bonchev–Trinajstić information content (AvgIpc) is 2.78. The van der Waals surface area contributed by atoms with E-state index in [2.05, 4.69) is 5.32 Å². The van der Waals surface area contributed by atoms with Crippen LogP contribution < -0.4 is 10.1 Å². The number of benzene rings is 1. The fraction of sp³-hybridized carbons (Fsp3) is 0.500. The van der Waals surface area contributed by atoms with Crippen molar-refractivity contribution in [1.82, 2.24) is 5.32 Å². The highest BCUT2D eigenvalue weighted by atomic mass is 19.2. The minimum atomic E-state index is -0.804. The van der Waals surface area contributed by atoms with E-state index in [1.54, 1.807) is 0 Å². The fourth-order valence-electron chi connectivity index (χ4n) is 2.13. The summed E-state index contributed by atoms with van der Waals surface area (Å²) in [7, 11) is 1.48. The molecule has 16 heavy (non-hydrogen) atoms. The first kappa shape index (κ1) is 11.3. The smallest absolute Gasteiger partial charge is 0.165 e. The van der Waals surface area contributed by atoms with Gasteiger partial charge in [-0.2, -0.15) is 0 Å². The summed E-state index contributed by atoms with van der Waals surface area (Å²) in [6.07, 6.45) is 1.53. The zero-order valence-electron chi connectivity index (χ0n) is 9.22. The summed E-state index contributed by atoms with van der Waals surface area (Å²) >= 11 is 0. The van der Waals surface area contributed by atoms with E-state index in [1.807, 2.05) is 0 Å². The van der Waals surface area contributed by atoms with Gasteiger partial charge in [0.1, 0.15) is 5.75 Å². The minimum Gasteiger partial charge on any atom is -0.496 e. The van der Waals surface area contributed by atoms with Crippen molar-refractivity contribution >= 4 is 0 Å². The van der Waals surface area contributed by atoms with Crippen molar-refractivity contribution in [2.75, 3.05) is 20.2 Å². The lowest BCUT2D eigenvalue weighted by molar-refractivity contribution is 0.391. The molecule has 0 amide bonds. The van der Waals surface area contributed by atoms with Crippen LogP contribution in [0.25, 0.3) is 0 Å². The van der Waals surface area contributed by atoms with Gasteiger partial charge < -0.3 is 10.1 Å². The van der Waals surface area contributed by atoms with E-state index < -0.39 is 11.6 Å². The van der Waals surface area contributed by atoms with E-state index in [0.29, 0.717) is 23.7 Å². The number of halogens is 2. The Kier molecular flexibility index (Phi) is 3.39. The minimum absolute atomic E-state index is 0.358. The summed E-state index contributed by atoms with van der Waals surface area (Å²) in [6.45, 7) is 1.81. The van der Waals surface area contributed by atoms with E-state index in [4.69, 9.17) is 4.74 Å². The molecule has 2 nitrogen and oxygen atoms in total. The van der Waals surface area contributed by atoms with E-state index in [0.717, 1.165) is 25.6 Å². The summed E-state index contributed by atoms with van der Waals surface area (Å²) in [4.78, 5) is 0. The van der Waals surface area contributed by atoms with Crippen molar-refractivity contribution in [2.24, 2.45) is 5.92 Å². The second-order valence-electron chi connectivity index (χ2n) is 4.11. The molecule has 0 saturated carbocycles. The zero-order chi connectivity index (χ0) is 11.5. The fourth-order valence-corrected chi connectivity index (χ4v) is 2.13. The molecule has 1 fully saturated rings. The van der Waals surface area contributed by atoms with Gasteiger partial charge in [0, 0.05) is 5.56 Å². The first-order chi connectivity index (χ1) is 7.72. The Labute approximate surface area is 93.6 Å². The average molecular weight is 227 g/mol. The highest BCUT2D eigenvalue weighted by molar-refractivity contribution is 5.35. The van der Waals surface area contributed by atoms with Gasteiger partial charge in [-0.25, -0.2) is 8.78 Å². The van der Waals surface area contributed by atoms with E-state index >= 15 is 0 Å². The quantitative estimate of drug-likeness (QED) is 0.854. The summed E-state index contributed by atoms with van der Waals surface area (Å²) in [5.41, 5.74) is 0.358. The van der Waals surface area contributed by atoms with Gasteiger partial charge in [-0.1, -0.05) is 0 Å². The summed E-state index contributed by atoms with van der Waals surface area (Å²) in [6, 6.07) is 2.58. The van der Waals surface area contributed by atoms with Crippen molar-refractivity contribution in [2.45, 2.75) is 12.8 Å². The number of hydrogen-bond acceptors (Lipinski definition) is 2. The highest BCUT2D eigenvalue weighted by Gasteiger charge is 2.21. The molecule has 1 N–H and O–H groups in total. The summed E-state index contributed by atoms with van der Waals surface area (Å²) in [5.74, 6) is -0.774. The number of nitrogens with one attached hydrogen (secondary N) is 1. The lowest BCUT2D eigenvalue weighted by Crippen LogP contribution is -2.12. The van der Waals surface area contributed by atoms with Crippen LogP contribution in [0, 0.1) is 17.6 Å². The predicted octanol–water partition coefficient (Wildman–Crippen LogP) is 2.13. The van der Waals surface area contributed by atoms with Crippen molar-refractivity contribution in [3.63, 3.8) is 0 Å². The molecule has 0 bridgehead atoms. The van der Waals surface area contributed by atoms with Crippen LogP contribution in [0.3, 0.4) is 0 Å². The molecule has 0 radical (unpaired) electrons. The van der Waals surface area contributed by atoms with Gasteiger partial charge in [0.2, 0.25) is 0 Å². The maximum Gasteiger partial charge on any atom is 0.165 e. The molecule has 1 unspecified atom stereocenters. The lowest BCUT2D eigenvalue weighted by Gasteiger charge is -2.13. The zero-order valence-corrected chi connectivity index (χ0v) is 9.22. The molecule has 1 atom stereocenters. The van der Waals surface area contributed by atoms with Gasteiger partial charge in [-0.3, -0.25) is 0 Å². The van der Waals surface area contributed by atoms with Crippen LogP contribution in [0.2, 0.25) is 0 Å². The SMILES string of the molecule is COc1ccc(F)c(F)c1CC1CCNC1. The Morgan fingerprint density at radius 3 is 2.88 bits per heavy atom. The second-order valence-corrected chi connectivity index (χ2v) is 4.11. The van der Waals surface area contributed by atoms with Crippen LogP contribution in [-0.4, -0.2) is 20.2 Å². The van der Waals surface area contributed by atoms with E-state index in [1.165, 1.54) is 13.2 Å². The monoisotopic (exact) mass is 227 g/mol. The van der Waals surface area contributed by atoms with Crippen molar-refractivity contribution < 1.29 is 13.5 Å². The van der Waals surface area contributed by atoms with Gasteiger partial charge in [-0.15, -0.1) is 0 Å². The Balaban J connectivity index is 2.25. The van der Waals surface area contributed by atoms with Gasteiger partial charge in [-0.05, 0) is 44.0 Å². The van der Waals surface area contributed by atoms with Crippen molar-refractivity contribution in [3.8, 4) is 5.75 Å². The van der Waals surface area contributed by atoms with Gasteiger partial charge in [0.15, 0.2) is 11.6 Å².